The van der Waals surface area contributed by atoms with Crippen molar-refractivity contribution in [1.29, 1.82) is 0 Å². The van der Waals surface area contributed by atoms with Crippen molar-refractivity contribution in [2.24, 2.45) is 0 Å². The third kappa shape index (κ3) is 2.34. The molecule has 0 spiro atoms. The van der Waals surface area contributed by atoms with Crippen molar-refractivity contribution in [2.45, 2.75) is 13.3 Å². The van der Waals surface area contributed by atoms with Gasteiger partial charge >= 0.3 is 0 Å². The van der Waals surface area contributed by atoms with Gasteiger partial charge in [0.25, 0.3) is 0 Å². The Labute approximate surface area is 90.3 Å². The zero-order chi connectivity index (χ0) is 10.5. The fourth-order valence-corrected chi connectivity index (χ4v) is 1.79. The number of nitrogens with zero attached hydrogens (tertiary/aromatic N) is 1. The molecule has 0 radical (unpaired) electrons. The molecule has 0 amide bonds. The number of nitrogens with one attached hydrogen (secondary N) is 1. The molecule has 0 aliphatic carbocycles. The maximum absolute atomic E-state index is 4.18. The molecule has 0 unspecified atom stereocenters. The summed E-state index contributed by atoms with van der Waals surface area (Å²) in [6.45, 7) is 4.19. The number of pyridine rings is 1. The average Bonchev–Trinajstić information content (AvgIpc) is 2.30. The molecule has 1 aromatic carbocycles. The fraction of sp³-hybridized carbons (Fsp3) is 0.308. The van der Waals surface area contributed by atoms with Crippen molar-refractivity contribution < 1.29 is 0 Å². The summed E-state index contributed by atoms with van der Waals surface area (Å²) < 4.78 is 0. The van der Waals surface area contributed by atoms with Gasteiger partial charge < -0.3 is 5.32 Å². The Morgan fingerprint density at radius 3 is 3.07 bits per heavy atom. The minimum atomic E-state index is 1.03. The van der Waals surface area contributed by atoms with Gasteiger partial charge in [-0.1, -0.05) is 25.1 Å². The third-order valence-corrected chi connectivity index (χ3v) is 2.60. The van der Waals surface area contributed by atoms with Crippen molar-refractivity contribution in [3.63, 3.8) is 0 Å². The maximum atomic E-state index is 4.18. The zero-order valence-corrected chi connectivity index (χ0v) is 9.03. The van der Waals surface area contributed by atoms with Gasteiger partial charge in [0.05, 0.1) is 0 Å². The molecule has 1 heterocycles. The number of fused-ring (bicyclic) bond motifs is 1. The smallest absolute Gasteiger partial charge is 0.0349 e. The van der Waals surface area contributed by atoms with Gasteiger partial charge in [-0.25, -0.2) is 0 Å². The first-order valence-corrected chi connectivity index (χ1v) is 5.44. The van der Waals surface area contributed by atoms with E-state index >= 15 is 0 Å². The first-order valence-electron chi connectivity index (χ1n) is 5.44. The predicted molar refractivity (Wildman–Crippen MR) is 64.0 cm³/mol. The molecule has 15 heavy (non-hydrogen) atoms. The average molecular weight is 200 g/mol. The standard InChI is InChI=1S/C13H16N2/c1-2-14-8-6-11-4-3-5-12-7-9-15-10-13(11)12/h3-5,7,9-10,14H,2,6,8H2,1H3. The van der Waals surface area contributed by atoms with Gasteiger partial charge in [0.1, 0.15) is 0 Å². The summed E-state index contributed by atoms with van der Waals surface area (Å²) in [6, 6.07) is 8.49. The van der Waals surface area contributed by atoms with Crippen LogP contribution in [0, 0.1) is 0 Å². The maximum Gasteiger partial charge on any atom is 0.0349 e. The Kier molecular flexibility index (Phi) is 3.30. The molecular weight excluding hydrogens is 184 g/mol. The summed E-state index contributed by atoms with van der Waals surface area (Å²) in [5.74, 6) is 0. The second-order valence-corrected chi connectivity index (χ2v) is 3.62. The largest absolute Gasteiger partial charge is 0.317 e. The molecule has 0 saturated carbocycles. The molecule has 2 rings (SSSR count). The van der Waals surface area contributed by atoms with E-state index in [0.717, 1.165) is 19.5 Å². The quantitative estimate of drug-likeness (QED) is 0.766. The summed E-state index contributed by atoms with van der Waals surface area (Å²) >= 11 is 0. The molecule has 0 bridgehead atoms. The van der Waals surface area contributed by atoms with E-state index in [-0.39, 0.29) is 0 Å². The SMILES string of the molecule is CCNCCc1cccc2ccncc12. The van der Waals surface area contributed by atoms with Crippen LogP contribution in [0.3, 0.4) is 0 Å². The van der Waals surface area contributed by atoms with Gasteiger partial charge in [-0.2, -0.15) is 0 Å². The molecule has 0 aliphatic heterocycles. The molecule has 0 aliphatic rings. The van der Waals surface area contributed by atoms with E-state index in [1.165, 1.54) is 16.3 Å². The third-order valence-electron chi connectivity index (χ3n) is 2.60. The Morgan fingerprint density at radius 2 is 2.20 bits per heavy atom. The summed E-state index contributed by atoms with van der Waals surface area (Å²) in [5.41, 5.74) is 1.38. The van der Waals surface area contributed by atoms with Crippen LogP contribution in [0.15, 0.2) is 36.7 Å². The number of likely N-dealkylation sites (N-methyl/N-ethyl adjacent to an activating group) is 1. The summed E-state index contributed by atoms with van der Waals surface area (Å²) in [6.07, 6.45) is 4.86. The van der Waals surface area contributed by atoms with Crippen LogP contribution < -0.4 is 5.32 Å². The van der Waals surface area contributed by atoms with Gasteiger partial charge in [0.2, 0.25) is 0 Å². The molecule has 2 aromatic rings. The van der Waals surface area contributed by atoms with Crippen LogP contribution in [-0.4, -0.2) is 18.1 Å². The van der Waals surface area contributed by atoms with Crippen LogP contribution in [0.5, 0.6) is 0 Å². The molecular formula is C13H16N2. The van der Waals surface area contributed by atoms with Crippen LogP contribution in [0.2, 0.25) is 0 Å². The highest BCUT2D eigenvalue weighted by atomic mass is 14.8. The van der Waals surface area contributed by atoms with Crippen molar-refractivity contribution in [3.8, 4) is 0 Å². The van der Waals surface area contributed by atoms with E-state index in [9.17, 15) is 0 Å². The van der Waals surface area contributed by atoms with Crippen molar-refractivity contribution in [1.82, 2.24) is 10.3 Å². The van der Waals surface area contributed by atoms with Gasteiger partial charge in [-0.05, 0) is 36.5 Å². The van der Waals surface area contributed by atoms with Crippen LogP contribution in [0.25, 0.3) is 10.8 Å². The van der Waals surface area contributed by atoms with E-state index in [0.29, 0.717) is 0 Å². The van der Waals surface area contributed by atoms with Crippen molar-refractivity contribution >= 4 is 10.8 Å². The normalized spacial score (nSPS) is 10.7. The second-order valence-electron chi connectivity index (χ2n) is 3.62. The number of benzene rings is 1. The Hall–Kier alpha value is -1.41. The minimum absolute atomic E-state index is 1.03. The number of hydrogen-bond acceptors (Lipinski definition) is 2. The Balaban J connectivity index is 2.26. The molecule has 0 atom stereocenters. The lowest BCUT2D eigenvalue weighted by molar-refractivity contribution is 0.718. The Bertz CT molecular complexity index is 432. The highest BCUT2D eigenvalue weighted by Crippen LogP contribution is 2.17. The summed E-state index contributed by atoms with van der Waals surface area (Å²) in [4.78, 5) is 4.18. The van der Waals surface area contributed by atoms with Crippen LogP contribution >= 0.6 is 0 Å². The van der Waals surface area contributed by atoms with Gasteiger partial charge in [-0.15, -0.1) is 0 Å². The highest BCUT2D eigenvalue weighted by molar-refractivity contribution is 5.84. The van der Waals surface area contributed by atoms with E-state index in [2.05, 4.69) is 41.5 Å². The van der Waals surface area contributed by atoms with Gasteiger partial charge in [0, 0.05) is 17.8 Å². The lowest BCUT2D eigenvalue weighted by atomic mass is 10.0. The lowest BCUT2D eigenvalue weighted by Crippen LogP contribution is -2.16. The number of rotatable bonds is 4. The number of hydrogen-bond donors (Lipinski definition) is 1. The minimum Gasteiger partial charge on any atom is -0.317 e. The number of aromatic nitrogens is 1. The van der Waals surface area contributed by atoms with Crippen LogP contribution in [0.1, 0.15) is 12.5 Å². The molecule has 2 heteroatoms. The van der Waals surface area contributed by atoms with E-state index in [4.69, 9.17) is 0 Å². The first kappa shape index (κ1) is 10.1. The first-order chi connectivity index (χ1) is 7.42. The molecule has 0 saturated heterocycles. The fourth-order valence-electron chi connectivity index (χ4n) is 1.79. The molecule has 1 N–H and O–H groups in total. The van der Waals surface area contributed by atoms with E-state index < -0.39 is 0 Å². The summed E-state index contributed by atoms with van der Waals surface area (Å²) in [5, 5.41) is 5.89. The van der Waals surface area contributed by atoms with Crippen molar-refractivity contribution in [3.05, 3.63) is 42.2 Å². The van der Waals surface area contributed by atoms with Crippen LogP contribution in [-0.2, 0) is 6.42 Å². The highest BCUT2D eigenvalue weighted by Gasteiger charge is 1.99. The van der Waals surface area contributed by atoms with E-state index in [1.54, 1.807) is 0 Å². The second kappa shape index (κ2) is 4.89. The van der Waals surface area contributed by atoms with Crippen molar-refractivity contribution in [2.75, 3.05) is 13.1 Å². The predicted octanol–water partition coefficient (Wildman–Crippen LogP) is 2.39. The molecule has 1 aromatic heterocycles. The van der Waals surface area contributed by atoms with Gasteiger partial charge in [0.15, 0.2) is 0 Å². The zero-order valence-electron chi connectivity index (χ0n) is 9.03. The molecule has 2 nitrogen and oxygen atoms in total. The molecule has 0 fully saturated rings. The Morgan fingerprint density at radius 1 is 1.27 bits per heavy atom. The van der Waals surface area contributed by atoms with Crippen LogP contribution in [0.4, 0.5) is 0 Å². The van der Waals surface area contributed by atoms with Gasteiger partial charge in [-0.3, -0.25) is 4.98 Å². The summed E-state index contributed by atoms with van der Waals surface area (Å²) in [7, 11) is 0. The molecule has 78 valence electrons. The topological polar surface area (TPSA) is 24.9 Å². The lowest BCUT2D eigenvalue weighted by Gasteiger charge is -2.06. The monoisotopic (exact) mass is 200 g/mol. The van der Waals surface area contributed by atoms with E-state index in [1.807, 2.05) is 12.4 Å².